The Balaban J connectivity index is 1.88. The number of nitrogens with zero attached hydrogens (tertiary/aromatic N) is 1. The van der Waals surface area contributed by atoms with Crippen LogP contribution in [0.15, 0.2) is 34.7 Å². The molecule has 4 nitrogen and oxygen atoms in total. The molecule has 0 saturated heterocycles. The molecule has 1 N–H and O–H groups in total. The van der Waals surface area contributed by atoms with Crippen LogP contribution in [0.2, 0.25) is 0 Å². The van der Waals surface area contributed by atoms with Crippen LogP contribution in [0, 0.1) is 13.8 Å². The standard InChI is InChI=1S/C14H16N2O2/c1-10-13(18-11(2)16-10)8-14(17)15-9-12-6-4-3-5-7-12/h3-7H,8-9H2,1-2H3,(H,15,17). The van der Waals surface area contributed by atoms with Gasteiger partial charge in [-0.15, -0.1) is 0 Å². The second kappa shape index (κ2) is 5.49. The van der Waals surface area contributed by atoms with Gasteiger partial charge in [0.1, 0.15) is 5.76 Å². The Morgan fingerprint density at radius 3 is 2.61 bits per heavy atom. The third kappa shape index (κ3) is 3.20. The van der Waals surface area contributed by atoms with Gasteiger partial charge in [-0.3, -0.25) is 4.79 Å². The molecule has 2 rings (SSSR count). The van der Waals surface area contributed by atoms with E-state index in [-0.39, 0.29) is 12.3 Å². The zero-order valence-electron chi connectivity index (χ0n) is 10.6. The molecule has 1 amide bonds. The second-order valence-electron chi connectivity index (χ2n) is 4.18. The van der Waals surface area contributed by atoms with E-state index in [9.17, 15) is 4.79 Å². The van der Waals surface area contributed by atoms with E-state index in [0.29, 0.717) is 18.2 Å². The minimum Gasteiger partial charge on any atom is -0.445 e. The number of rotatable bonds is 4. The molecule has 2 aromatic rings. The van der Waals surface area contributed by atoms with Crippen LogP contribution in [0.25, 0.3) is 0 Å². The number of aryl methyl sites for hydroxylation is 2. The Kier molecular flexibility index (Phi) is 3.77. The lowest BCUT2D eigenvalue weighted by Crippen LogP contribution is -2.24. The SMILES string of the molecule is Cc1nc(C)c(CC(=O)NCc2ccccc2)o1. The summed E-state index contributed by atoms with van der Waals surface area (Å²) in [5, 5.41) is 2.86. The van der Waals surface area contributed by atoms with Crippen molar-refractivity contribution in [1.82, 2.24) is 10.3 Å². The Morgan fingerprint density at radius 1 is 1.28 bits per heavy atom. The first-order valence-corrected chi connectivity index (χ1v) is 5.88. The molecular weight excluding hydrogens is 228 g/mol. The number of hydrogen-bond acceptors (Lipinski definition) is 3. The van der Waals surface area contributed by atoms with E-state index >= 15 is 0 Å². The van der Waals surface area contributed by atoms with Gasteiger partial charge in [0.05, 0.1) is 12.1 Å². The fourth-order valence-corrected chi connectivity index (χ4v) is 1.74. The van der Waals surface area contributed by atoms with Crippen molar-refractivity contribution in [2.45, 2.75) is 26.8 Å². The fourth-order valence-electron chi connectivity index (χ4n) is 1.74. The van der Waals surface area contributed by atoms with Crippen molar-refractivity contribution in [3.8, 4) is 0 Å². The smallest absolute Gasteiger partial charge is 0.227 e. The predicted octanol–water partition coefficient (Wildman–Crippen LogP) is 2.15. The number of carbonyl (C=O) groups is 1. The maximum absolute atomic E-state index is 11.7. The lowest BCUT2D eigenvalue weighted by Gasteiger charge is -2.04. The molecule has 94 valence electrons. The molecule has 0 aliphatic carbocycles. The molecule has 0 aliphatic heterocycles. The number of carbonyl (C=O) groups excluding carboxylic acids is 1. The molecule has 0 aliphatic rings. The summed E-state index contributed by atoms with van der Waals surface area (Å²) in [6.45, 7) is 4.15. The zero-order valence-corrected chi connectivity index (χ0v) is 10.6. The highest BCUT2D eigenvalue weighted by Gasteiger charge is 2.11. The van der Waals surface area contributed by atoms with Crippen molar-refractivity contribution in [1.29, 1.82) is 0 Å². The van der Waals surface area contributed by atoms with Gasteiger partial charge in [0.25, 0.3) is 0 Å². The summed E-state index contributed by atoms with van der Waals surface area (Å²) in [5.41, 5.74) is 1.86. The van der Waals surface area contributed by atoms with Crippen LogP contribution in [-0.4, -0.2) is 10.9 Å². The summed E-state index contributed by atoms with van der Waals surface area (Å²) in [4.78, 5) is 15.9. The molecule has 4 heteroatoms. The van der Waals surface area contributed by atoms with E-state index in [1.54, 1.807) is 6.92 Å². The van der Waals surface area contributed by atoms with Crippen LogP contribution >= 0.6 is 0 Å². The number of oxazole rings is 1. The molecular formula is C14H16N2O2. The summed E-state index contributed by atoms with van der Waals surface area (Å²) in [6.07, 6.45) is 0.236. The van der Waals surface area contributed by atoms with Crippen LogP contribution < -0.4 is 5.32 Å². The van der Waals surface area contributed by atoms with Crippen LogP contribution in [0.1, 0.15) is 22.9 Å². The normalized spacial score (nSPS) is 10.3. The first-order chi connectivity index (χ1) is 8.65. The van der Waals surface area contributed by atoms with Crippen LogP contribution in [-0.2, 0) is 17.8 Å². The van der Waals surface area contributed by atoms with E-state index in [1.165, 1.54) is 0 Å². The largest absolute Gasteiger partial charge is 0.445 e. The van der Waals surface area contributed by atoms with Crippen molar-refractivity contribution < 1.29 is 9.21 Å². The van der Waals surface area contributed by atoms with Gasteiger partial charge >= 0.3 is 0 Å². The van der Waals surface area contributed by atoms with Gasteiger partial charge in [-0.1, -0.05) is 30.3 Å². The van der Waals surface area contributed by atoms with Gasteiger partial charge in [0.2, 0.25) is 5.91 Å². The first kappa shape index (κ1) is 12.4. The molecule has 1 aromatic carbocycles. The summed E-state index contributed by atoms with van der Waals surface area (Å²) in [5.74, 6) is 1.18. The third-order valence-corrected chi connectivity index (χ3v) is 2.65. The van der Waals surface area contributed by atoms with Gasteiger partial charge in [-0.25, -0.2) is 4.98 Å². The lowest BCUT2D eigenvalue weighted by atomic mass is 10.2. The van der Waals surface area contributed by atoms with E-state index in [4.69, 9.17) is 4.42 Å². The Bertz CT molecular complexity index is 532. The van der Waals surface area contributed by atoms with Crippen molar-refractivity contribution in [2.24, 2.45) is 0 Å². The highest BCUT2D eigenvalue weighted by Crippen LogP contribution is 2.09. The van der Waals surface area contributed by atoms with Gasteiger partial charge in [-0.2, -0.15) is 0 Å². The Hall–Kier alpha value is -2.10. The molecule has 0 bridgehead atoms. The quantitative estimate of drug-likeness (QED) is 0.896. The third-order valence-electron chi connectivity index (χ3n) is 2.65. The monoisotopic (exact) mass is 244 g/mol. The predicted molar refractivity (Wildman–Crippen MR) is 68.0 cm³/mol. The number of benzene rings is 1. The average Bonchev–Trinajstić information content (AvgIpc) is 2.67. The first-order valence-electron chi connectivity index (χ1n) is 5.88. The summed E-state index contributed by atoms with van der Waals surface area (Å²) in [6, 6.07) is 9.80. The number of nitrogens with one attached hydrogen (secondary N) is 1. The second-order valence-corrected chi connectivity index (χ2v) is 4.18. The van der Waals surface area contributed by atoms with Gasteiger partial charge in [0, 0.05) is 13.5 Å². The Labute approximate surface area is 106 Å². The number of aromatic nitrogens is 1. The van der Waals surface area contributed by atoms with E-state index in [2.05, 4.69) is 10.3 Å². The summed E-state index contributed by atoms with van der Waals surface area (Å²) >= 11 is 0. The van der Waals surface area contributed by atoms with Crippen LogP contribution in [0.3, 0.4) is 0 Å². The maximum atomic E-state index is 11.7. The Morgan fingerprint density at radius 2 is 2.00 bits per heavy atom. The van der Waals surface area contributed by atoms with Gasteiger partial charge in [0.15, 0.2) is 5.89 Å². The van der Waals surface area contributed by atoms with E-state index < -0.39 is 0 Å². The van der Waals surface area contributed by atoms with Gasteiger partial charge < -0.3 is 9.73 Å². The minimum atomic E-state index is -0.0573. The molecule has 0 saturated carbocycles. The summed E-state index contributed by atoms with van der Waals surface area (Å²) in [7, 11) is 0. The van der Waals surface area contributed by atoms with Crippen LogP contribution in [0.5, 0.6) is 0 Å². The van der Waals surface area contributed by atoms with E-state index in [0.717, 1.165) is 11.3 Å². The molecule has 0 spiro atoms. The average molecular weight is 244 g/mol. The molecule has 0 radical (unpaired) electrons. The minimum absolute atomic E-state index is 0.0573. The maximum Gasteiger partial charge on any atom is 0.227 e. The van der Waals surface area contributed by atoms with E-state index in [1.807, 2.05) is 37.3 Å². The molecule has 0 unspecified atom stereocenters. The highest BCUT2D eigenvalue weighted by atomic mass is 16.4. The van der Waals surface area contributed by atoms with Crippen molar-refractivity contribution in [3.63, 3.8) is 0 Å². The molecule has 18 heavy (non-hydrogen) atoms. The highest BCUT2D eigenvalue weighted by molar-refractivity contribution is 5.78. The number of hydrogen-bond donors (Lipinski definition) is 1. The fraction of sp³-hybridized carbons (Fsp3) is 0.286. The topological polar surface area (TPSA) is 55.1 Å². The molecule has 0 fully saturated rings. The van der Waals surface area contributed by atoms with Gasteiger partial charge in [-0.05, 0) is 12.5 Å². The molecule has 0 atom stereocenters. The summed E-state index contributed by atoms with van der Waals surface area (Å²) < 4.78 is 5.37. The lowest BCUT2D eigenvalue weighted by molar-refractivity contribution is -0.120. The number of amides is 1. The zero-order chi connectivity index (χ0) is 13.0. The molecule has 1 heterocycles. The van der Waals surface area contributed by atoms with Crippen molar-refractivity contribution in [3.05, 3.63) is 53.2 Å². The van der Waals surface area contributed by atoms with Crippen molar-refractivity contribution in [2.75, 3.05) is 0 Å². The molecule has 1 aromatic heterocycles. The van der Waals surface area contributed by atoms with Crippen molar-refractivity contribution >= 4 is 5.91 Å². The van der Waals surface area contributed by atoms with Crippen LogP contribution in [0.4, 0.5) is 0 Å².